The summed E-state index contributed by atoms with van der Waals surface area (Å²) in [5.74, 6) is 0. The molecule has 15 heavy (non-hydrogen) atoms. The van der Waals surface area contributed by atoms with Crippen LogP contribution in [-0.2, 0) is 8.16 Å². The molecule has 0 aromatic heterocycles. The highest BCUT2D eigenvalue weighted by molar-refractivity contribution is 14.1. The number of carbonyl (C=O) groups excluding carboxylic acids is 1. The molecule has 0 radical (unpaired) electrons. The van der Waals surface area contributed by atoms with Gasteiger partial charge in [0.1, 0.15) is 0 Å². The van der Waals surface area contributed by atoms with Gasteiger partial charge in [-0.05, 0) is 12.5 Å². The Labute approximate surface area is 103 Å². The third-order valence-corrected chi connectivity index (χ3v) is 3.13. The summed E-state index contributed by atoms with van der Waals surface area (Å²) in [6, 6.07) is 10.1. The number of benzene rings is 1. The molecule has 0 spiro atoms. The van der Waals surface area contributed by atoms with Gasteiger partial charge >= 0.3 is 6.09 Å². The lowest BCUT2D eigenvalue weighted by atomic mass is 10.0. The van der Waals surface area contributed by atoms with Crippen molar-refractivity contribution in [2.45, 2.75) is 10.3 Å². The molecule has 1 unspecified atom stereocenters. The molecule has 1 aromatic carbocycles. The zero-order valence-corrected chi connectivity index (χ0v) is 10.9. The Morgan fingerprint density at radius 3 is 2.60 bits per heavy atom. The van der Waals surface area contributed by atoms with Gasteiger partial charge in [-0.2, -0.15) is 0 Å². The highest BCUT2D eigenvalue weighted by Gasteiger charge is 2.23. The Balaban J connectivity index is 2.63. The fraction of sp³-hybridized carbons (Fsp3) is 0.364. The molecule has 1 N–H and O–H groups in total. The standard InChI is InChI=1S/C11H14INO2/c1-11(12,8-13-10(14)15-2)9-6-4-3-5-7-9/h3-7H,8H2,1-2H3,(H,13,14). The van der Waals surface area contributed by atoms with Gasteiger partial charge in [0.2, 0.25) is 0 Å². The summed E-state index contributed by atoms with van der Waals surface area (Å²) in [7, 11) is 1.36. The van der Waals surface area contributed by atoms with Gasteiger partial charge < -0.3 is 10.1 Å². The first-order valence-electron chi connectivity index (χ1n) is 4.62. The number of nitrogens with one attached hydrogen (secondary N) is 1. The van der Waals surface area contributed by atoms with Gasteiger partial charge in [0, 0.05) is 6.54 Å². The number of rotatable bonds is 3. The number of ether oxygens (including phenoxy) is 1. The molecule has 0 aliphatic carbocycles. The molecular weight excluding hydrogens is 305 g/mol. The van der Waals surface area contributed by atoms with Gasteiger partial charge in [-0.15, -0.1) is 0 Å². The molecule has 0 aliphatic heterocycles. The van der Waals surface area contributed by atoms with Crippen molar-refractivity contribution in [1.82, 2.24) is 5.32 Å². The number of amides is 1. The first kappa shape index (κ1) is 12.3. The maximum atomic E-state index is 11.0. The fourth-order valence-electron chi connectivity index (χ4n) is 1.20. The normalized spacial score (nSPS) is 14.1. The van der Waals surface area contributed by atoms with Gasteiger partial charge in [0.05, 0.1) is 10.5 Å². The predicted molar refractivity (Wildman–Crippen MR) is 68.2 cm³/mol. The SMILES string of the molecule is COC(=O)NCC(C)(I)c1ccccc1. The lowest BCUT2D eigenvalue weighted by molar-refractivity contribution is 0.170. The minimum Gasteiger partial charge on any atom is -0.453 e. The largest absolute Gasteiger partial charge is 0.453 e. The van der Waals surface area contributed by atoms with E-state index in [1.807, 2.05) is 30.3 Å². The van der Waals surface area contributed by atoms with Crippen LogP contribution in [0.3, 0.4) is 0 Å². The monoisotopic (exact) mass is 319 g/mol. The molecule has 4 heteroatoms. The topological polar surface area (TPSA) is 38.3 Å². The van der Waals surface area contributed by atoms with Crippen LogP contribution >= 0.6 is 22.6 Å². The van der Waals surface area contributed by atoms with Crippen molar-refractivity contribution in [3.05, 3.63) is 35.9 Å². The summed E-state index contributed by atoms with van der Waals surface area (Å²) in [6.45, 7) is 2.61. The van der Waals surface area contributed by atoms with Crippen LogP contribution in [0.2, 0.25) is 0 Å². The molecule has 1 rings (SSSR count). The molecule has 0 saturated heterocycles. The van der Waals surface area contributed by atoms with Crippen molar-refractivity contribution in [2.24, 2.45) is 0 Å². The van der Waals surface area contributed by atoms with Crippen molar-refractivity contribution in [2.75, 3.05) is 13.7 Å². The van der Waals surface area contributed by atoms with E-state index in [0.717, 1.165) is 0 Å². The van der Waals surface area contributed by atoms with Crippen LogP contribution in [0.5, 0.6) is 0 Å². The van der Waals surface area contributed by atoms with E-state index in [2.05, 4.69) is 39.6 Å². The van der Waals surface area contributed by atoms with Crippen molar-refractivity contribution in [3.63, 3.8) is 0 Å². The zero-order valence-electron chi connectivity index (χ0n) is 8.79. The molecular formula is C11H14INO2. The Morgan fingerprint density at radius 2 is 2.07 bits per heavy atom. The predicted octanol–water partition coefficient (Wildman–Crippen LogP) is 2.69. The number of hydrogen-bond donors (Lipinski definition) is 1. The van der Waals surface area contributed by atoms with E-state index < -0.39 is 6.09 Å². The highest BCUT2D eigenvalue weighted by Crippen LogP contribution is 2.30. The van der Waals surface area contributed by atoms with Gasteiger partial charge in [-0.3, -0.25) is 0 Å². The smallest absolute Gasteiger partial charge is 0.406 e. The van der Waals surface area contributed by atoms with Crippen LogP contribution < -0.4 is 5.32 Å². The second-order valence-corrected chi connectivity index (χ2v) is 5.79. The Kier molecular flexibility index (Phi) is 4.38. The van der Waals surface area contributed by atoms with Gasteiger partial charge in [-0.1, -0.05) is 52.9 Å². The summed E-state index contributed by atoms with van der Waals surface area (Å²) < 4.78 is 4.41. The zero-order chi connectivity index (χ0) is 11.3. The first-order chi connectivity index (χ1) is 7.06. The summed E-state index contributed by atoms with van der Waals surface area (Å²) in [5.41, 5.74) is 1.18. The van der Waals surface area contributed by atoms with Crippen LogP contribution in [0.4, 0.5) is 4.79 Å². The summed E-state index contributed by atoms with van der Waals surface area (Å²) >= 11 is 2.32. The quantitative estimate of drug-likeness (QED) is 0.687. The third-order valence-electron chi connectivity index (χ3n) is 2.13. The van der Waals surface area contributed by atoms with E-state index in [-0.39, 0.29) is 3.42 Å². The van der Waals surface area contributed by atoms with Crippen LogP contribution in [-0.4, -0.2) is 19.7 Å². The minimum atomic E-state index is -0.395. The van der Waals surface area contributed by atoms with Crippen LogP contribution in [0.25, 0.3) is 0 Å². The third kappa shape index (κ3) is 3.70. The van der Waals surface area contributed by atoms with Crippen LogP contribution in [0, 0.1) is 0 Å². The van der Waals surface area contributed by atoms with Gasteiger partial charge in [-0.25, -0.2) is 4.79 Å². The second kappa shape index (κ2) is 5.34. The van der Waals surface area contributed by atoms with Crippen molar-refractivity contribution >= 4 is 28.7 Å². The Morgan fingerprint density at radius 1 is 1.47 bits per heavy atom. The molecule has 0 aliphatic rings. The molecule has 3 nitrogen and oxygen atoms in total. The van der Waals surface area contributed by atoms with Crippen molar-refractivity contribution in [1.29, 1.82) is 0 Å². The van der Waals surface area contributed by atoms with Gasteiger partial charge in [0.15, 0.2) is 0 Å². The molecule has 1 aromatic rings. The van der Waals surface area contributed by atoms with Gasteiger partial charge in [0.25, 0.3) is 0 Å². The number of hydrogen-bond acceptors (Lipinski definition) is 2. The highest BCUT2D eigenvalue weighted by atomic mass is 127. The van der Waals surface area contributed by atoms with E-state index in [9.17, 15) is 4.79 Å². The number of halogens is 1. The van der Waals surface area contributed by atoms with Crippen molar-refractivity contribution in [3.8, 4) is 0 Å². The van der Waals surface area contributed by atoms with Crippen LogP contribution in [0.15, 0.2) is 30.3 Å². The molecule has 1 amide bonds. The van der Waals surface area contributed by atoms with E-state index in [1.54, 1.807) is 0 Å². The molecule has 0 heterocycles. The summed E-state index contributed by atoms with van der Waals surface area (Å²) in [4.78, 5) is 11.0. The molecule has 82 valence electrons. The van der Waals surface area contributed by atoms with Crippen LogP contribution in [0.1, 0.15) is 12.5 Å². The van der Waals surface area contributed by atoms with E-state index in [4.69, 9.17) is 0 Å². The maximum absolute atomic E-state index is 11.0. The second-order valence-electron chi connectivity index (χ2n) is 3.41. The summed E-state index contributed by atoms with van der Waals surface area (Å²) in [5, 5.41) is 2.70. The number of methoxy groups -OCH3 is 1. The Bertz CT molecular complexity index is 325. The van der Waals surface area contributed by atoms with E-state index >= 15 is 0 Å². The Hall–Kier alpha value is -0.780. The number of alkyl halides is 1. The number of alkyl carbamates (subject to hydrolysis) is 1. The number of carbonyl (C=O) groups is 1. The average molecular weight is 319 g/mol. The van der Waals surface area contributed by atoms with E-state index in [1.165, 1.54) is 12.7 Å². The minimum absolute atomic E-state index is 0.118. The first-order valence-corrected chi connectivity index (χ1v) is 5.70. The maximum Gasteiger partial charge on any atom is 0.406 e. The van der Waals surface area contributed by atoms with E-state index in [0.29, 0.717) is 6.54 Å². The van der Waals surface area contributed by atoms with Crippen molar-refractivity contribution < 1.29 is 9.53 Å². The lowest BCUT2D eigenvalue weighted by Gasteiger charge is -2.23. The summed E-state index contributed by atoms with van der Waals surface area (Å²) in [6.07, 6.45) is -0.395. The molecule has 0 saturated carbocycles. The molecule has 0 fully saturated rings. The average Bonchev–Trinajstić information content (AvgIpc) is 2.27. The molecule has 0 bridgehead atoms. The molecule has 1 atom stereocenters. The lowest BCUT2D eigenvalue weighted by Crippen LogP contribution is -2.34. The fourth-order valence-corrected chi connectivity index (χ4v) is 1.75.